The summed E-state index contributed by atoms with van der Waals surface area (Å²) in [5.41, 5.74) is -1.18. The van der Waals surface area contributed by atoms with Crippen LogP contribution >= 0.6 is 0 Å². The van der Waals surface area contributed by atoms with Gasteiger partial charge in [-0.25, -0.2) is 9.97 Å². The van der Waals surface area contributed by atoms with Crippen LogP contribution in [-0.2, 0) is 15.4 Å². The van der Waals surface area contributed by atoms with E-state index in [1.807, 2.05) is 26.0 Å². The zero-order valence-corrected chi connectivity index (χ0v) is 22.4. The Morgan fingerprint density at radius 1 is 1.11 bits per heavy atom. The maximum atomic E-state index is 14.8. The number of nitrogens with zero attached hydrogens (tertiary/aromatic N) is 2. The molecule has 1 atom stereocenters. The van der Waals surface area contributed by atoms with E-state index in [-0.39, 0.29) is 17.7 Å². The number of alkyl halides is 2. The molecule has 0 unspecified atom stereocenters. The molecule has 3 aromatic rings. The minimum atomic E-state index is -3.42. The molecule has 0 spiro atoms. The van der Waals surface area contributed by atoms with Crippen LogP contribution in [0, 0.1) is 6.92 Å². The third-order valence-electron chi connectivity index (χ3n) is 6.35. The quantitative estimate of drug-likeness (QED) is 0.309. The number of benzene rings is 2. The fourth-order valence-corrected chi connectivity index (χ4v) is 4.07. The van der Waals surface area contributed by atoms with Crippen molar-refractivity contribution in [3.8, 4) is 11.5 Å². The van der Waals surface area contributed by atoms with Crippen LogP contribution in [-0.4, -0.2) is 59.8 Å². The molecule has 2 aromatic carbocycles. The van der Waals surface area contributed by atoms with Crippen LogP contribution in [0.1, 0.15) is 50.7 Å². The number of aryl methyl sites for hydroxylation is 1. The lowest BCUT2D eigenvalue weighted by Gasteiger charge is -2.30. The molecule has 1 fully saturated rings. The summed E-state index contributed by atoms with van der Waals surface area (Å²) in [7, 11) is 0. The normalized spacial score (nSPS) is 15.3. The van der Waals surface area contributed by atoms with E-state index < -0.39 is 11.5 Å². The van der Waals surface area contributed by atoms with Crippen molar-refractivity contribution in [1.82, 2.24) is 9.97 Å². The number of fused-ring (bicyclic) bond motifs is 1. The molecule has 206 valence electrons. The van der Waals surface area contributed by atoms with Crippen LogP contribution in [0.25, 0.3) is 10.9 Å². The molecule has 2 N–H and O–H groups in total. The first-order valence-corrected chi connectivity index (χ1v) is 12.7. The highest BCUT2D eigenvalue weighted by Gasteiger charge is 2.47. The lowest BCUT2D eigenvalue weighted by molar-refractivity contribution is -0.168. The number of aliphatic hydroxyl groups is 1. The molecule has 1 aromatic heterocycles. The minimum Gasteiger partial charge on any atom is -0.490 e. The fraction of sp³-hybridized carbons (Fsp3) is 0.500. The van der Waals surface area contributed by atoms with E-state index in [9.17, 15) is 13.9 Å². The van der Waals surface area contributed by atoms with E-state index in [2.05, 4.69) is 15.3 Å². The summed E-state index contributed by atoms with van der Waals surface area (Å²) in [6.07, 6.45) is 0.108. The predicted octanol–water partition coefficient (Wildman–Crippen LogP) is 5.17. The zero-order chi connectivity index (χ0) is 27.5. The highest BCUT2D eigenvalue weighted by Crippen LogP contribution is 2.40. The summed E-state index contributed by atoms with van der Waals surface area (Å²) in [6.45, 7) is 10.1. The molecule has 2 heterocycles. The SMILES string of the molecule is CCOc1cc2nc(C)nc(N[C@H](C)c3cccc(C(F)(F)C(C)(C)O)c3)c2cc1OCCOC1COC1. The third kappa shape index (κ3) is 6.14. The van der Waals surface area contributed by atoms with Crippen LogP contribution in [0.4, 0.5) is 14.6 Å². The molecular weight excluding hydrogens is 496 g/mol. The zero-order valence-electron chi connectivity index (χ0n) is 22.4. The Hall–Kier alpha value is -3.08. The summed E-state index contributed by atoms with van der Waals surface area (Å²) < 4.78 is 52.2. The first-order valence-electron chi connectivity index (χ1n) is 12.7. The van der Waals surface area contributed by atoms with Crippen molar-refractivity contribution in [2.75, 3.05) is 38.4 Å². The van der Waals surface area contributed by atoms with Gasteiger partial charge < -0.3 is 29.4 Å². The fourth-order valence-electron chi connectivity index (χ4n) is 4.07. The Balaban J connectivity index is 1.60. The monoisotopic (exact) mass is 531 g/mol. The van der Waals surface area contributed by atoms with Crippen molar-refractivity contribution in [3.63, 3.8) is 0 Å². The number of anilines is 1. The Kier molecular flexibility index (Phi) is 8.34. The molecule has 0 saturated carbocycles. The maximum Gasteiger partial charge on any atom is 0.300 e. The number of nitrogens with one attached hydrogen (secondary N) is 1. The summed E-state index contributed by atoms with van der Waals surface area (Å²) >= 11 is 0. The molecule has 0 aliphatic carbocycles. The van der Waals surface area contributed by atoms with Gasteiger partial charge >= 0.3 is 5.92 Å². The van der Waals surface area contributed by atoms with Crippen molar-refractivity contribution in [3.05, 3.63) is 53.3 Å². The van der Waals surface area contributed by atoms with Crippen LogP contribution in [0.3, 0.4) is 0 Å². The molecule has 0 bridgehead atoms. The first kappa shape index (κ1) is 27.9. The highest BCUT2D eigenvalue weighted by molar-refractivity contribution is 5.92. The third-order valence-corrected chi connectivity index (χ3v) is 6.35. The second-order valence-electron chi connectivity index (χ2n) is 9.87. The van der Waals surface area contributed by atoms with E-state index in [0.29, 0.717) is 72.6 Å². The summed E-state index contributed by atoms with van der Waals surface area (Å²) in [5.74, 6) is -1.25. The van der Waals surface area contributed by atoms with Gasteiger partial charge in [0.2, 0.25) is 0 Å². The largest absolute Gasteiger partial charge is 0.490 e. The van der Waals surface area contributed by atoms with Crippen LogP contribution in [0.5, 0.6) is 11.5 Å². The Morgan fingerprint density at radius 3 is 2.50 bits per heavy atom. The second-order valence-corrected chi connectivity index (χ2v) is 9.87. The first-order chi connectivity index (χ1) is 18.0. The molecule has 8 nitrogen and oxygen atoms in total. The molecule has 38 heavy (non-hydrogen) atoms. The van der Waals surface area contributed by atoms with Crippen LogP contribution < -0.4 is 14.8 Å². The Morgan fingerprint density at radius 2 is 1.84 bits per heavy atom. The summed E-state index contributed by atoms with van der Waals surface area (Å²) in [4.78, 5) is 9.15. The molecule has 1 aliphatic rings. The maximum absolute atomic E-state index is 14.8. The van der Waals surface area contributed by atoms with Crippen molar-refractivity contribution < 1.29 is 32.8 Å². The van der Waals surface area contributed by atoms with Gasteiger partial charge in [-0.2, -0.15) is 8.78 Å². The van der Waals surface area contributed by atoms with Gasteiger partial charge in [-0.05, 0) is 52.3 Å². The number of ether oxygens (including phenoxy) is 4. The van der Waals surface area contributed by atoms with Crippen molar-refractivity contribution in [2.45, 2.75) is 58.3 Å². The lowest BCUT2D eigenvalue weighted by Crippen LogP contribution is -2.40. The lowest BCUT2D eigenvalue weighted by atomic mass is 9.91. The number of hydrogen-bond donors (Lipinski definition) is 2. The molecule has 0 amide bonds. The van der Waals surface area contributed by atoms with Crippen molar-refractivity contribution in [1.29, 1.82) is 0 Å². The van der Waals surface area contributed by atoms with E-state index in [4.69, 9.17) is 18.9 Å². The highest BCUT2D eigenvalue weighted by atomic mass is 19.3. The van der Waals surface area contributed by atoms with Crippen molar-refractivity contribution >= 4 is 16.7 Å². The number of aromatic nitrogens is 2. The standard InChI is InChI=1S/C28H35F2N3O5/c1-6-36-25-14-23-22(13-24(25)38-11-10-37-21-15-35-16-21)26(33-18(3)32-23)31-17(2)19-8-7-9-20(12-19)28(29,30)27(4,5)34/h7-9,12-14,17,21,34H,6,10-11,15-16H2,1-5H3,(H,31,32,33)/t17-/m1/s1. The predicted molar refractivity (Wildman–Crippen MR) is 140 cm³/mol. The van der Waals surface area contributed by atoms with Gasteiger partial charge in [0, 0.05) is 23.1 Å². The number of halogens is 2. The summed E-state index contributed by atoms with van der Waals surface area (Å²) in [5, 5.41) is 14.0. The van der Waals surface area contributed by atoms with Gasteiger partial charge in [0.25, 0.3) is 0 Å². The minimum absolute atomic E-state index is 0.108. The molecule has 0 radical (unpaired) electrons. The Bertz CT molecular complexity index is 1260. The van der Waals surface area contributed by atoms with Crippen LogP contribution in [0.15, 0.2) is 36.4 Å². The van der Waals surface area contributed by atoms with Gasteiger partial charge in [-0.3, -0.25) is 0 Å². The van der Waals surface area contributed by atoms with Gasteiger partial charge in [-0.1, -0.05) is 18.2 Å². The number of hydrogen-bond acceptors (Lipinski definition) is 8. The smallest absolute Gasteiger partial charge is 0.300 e. The molecule has 4 rings (SSSR count). The molecule has 1 saturated heterocycles. The van der Waals surface area contributed by atoms with E-state index in [0.717, 1.165) is 13.8 Å². The Labute approximate surface area is 221 Å². The summed E-state index contributed by atoms with van der Waals surface area (Å²) in [6, 6.07) is 9.29. The van der Waals surface area contributed by atoms with E-state index >= 15 is 0 Å². The van der Waals surface area contributed by atoms with Crippen LogP contribution in [0.2, 0.25) is 0 Å². The van der Waals surface area contributed by atoms with Gasteiger partial charge in [0.1, 0.15) is 30.0 Å². The second kappa shape index (κ2) is 11.3. The average molecular weight is 532 g/mol. The van der Waals surface area contributed by atoms with Gasteiger partial charge in [-0.15, -0.1) is 0 Å². The van der Waals surface area contributed by atoms with Gasteiger partial charge in [0.05, 0.1) is 31.9 Å². The molecule has 1 aliphatic heterocycles. The van der Waals surface area contributed by atoms with Gasteiger partial charge in [0.15, 0.2) is 11.5 Å². The average Bonchev–Trinajstić information content (AvgIpc) is 2.82. The van der Waals surface area contributed by atoms with E-state index in [1.165, 1.54) is 12.1 Å². The molecular formula is C28H35F2N3O5. The topological polar surface area (TPSA) is 95.0 Å². The van der Waals surface area contributed by atoms with E-state index in [1.54, 1.807) is 19.1 Å². The number of rotatable bonds is 12. The van der Waals surface area contributed by atoms with Crippen molar-refractivity contribution in [2.24, 2.45) is 0 Å². The molecule has 10 heteroatoms.